The molecule has 0 fully saturated rings. The summed E-state index contributed by atoms with van der Waals surface area (Å²) in [5.41, 5.74) is 0.900. The van der Waals surface area contributed by atoms with Gasteiger partial charge >= 0.3 is 5.97 Å². The van der Waals surface area contributed by atoms with E-state index >= 15 is 0 Å². The maximum Gasteiger partial charge on any atom is 0.305 e. The molecule has 156 valence electrons. The van der Waals surface area contributed by atoms with Crippen LogP contribution in [0.25, 0.3) is 0 Å². The maximum atomic E-state index is 12.8. The standard InChI is InChI=1S/C21H25NO7/c1-5-29-15-8-6-13(7-9-15)16(12-19(23)24)22-21(25)14-10-17(26-2)20(28-4)18(11-14)27-3/h6-11,16H,5,12H2,1-4H3,(H,22,25)(H,23,24)/t16-/m1/s1. The molecule has 8 heteroatoms. The van der Waals surface area contributed by atoms with Crippen molar-refractivity contribution in [2.45, 2.75) is 19.4 Å². The van der Waals surface area contributed by atoms with Crippen LogP contribution in [-0.2, 0) is 4.79 Å². The van der Waals surface area contributed by atoms with Crippen LogP contribution in [-0.4, -0.2) is 44.9 Å². The molecule has 1 atom stereocenters. The Labute approximate surface area is 169 Å². The van der Waals surface area contributed by atoms with Crippen LogP contribution in [0.15, 0.2) is 36.4 Å². The summed E-state index contributed by atoms with van der Waals surface area (Å²) in [6, 6.07) is 9.22. The SMILES string of the molecule is CCOc1ccc([C@@H](CC(=O)O)NC(=O)c2cc(OC)c(OC)c(OC)c2)cc1. The molecule has 0 radical (unpaired) electrons. The third kappa shape index (κ3) is 5.54. The first-order valence-electron chi connectivity index (χ1n) is 8.98. The van der Waals surface area contributed by atoms with Gasteiger partial charge < -0.3 is 29.4 Å². The van der Waals surface area contributed by atoms with Gasteiger partial charge in [0.15, 0.2) is 11.5 Å². The summed E-state index contributed by atoms with van der Waals surface area (Å²) in [6.07, 6.45) is -0.274. The number of hydrogen-bond donors (Lipinski definition) is 2. The lowest BCUT2D eigenvalue weighted by molar-refractivity contribution is -0.137. The van der Waals surface area contributed by atoms with Crippen LogP contribution in [0.3, 0.4) is 0 Å². The molecule has 29 heavy (non-hydrogen) atoms. The van der Waals surface area contributed by atoms with Crippen LogP contribution in [0, 0.1) is 0 Å². The average molecular weight is 403 g/mol. The average Bonchev–Trinajstić information content (AvgIpc) is 2.72. The van der Waals surface area contributed by atoms with E-state index in [9.17, 15) is 14.7 Å². The van der Waals surface area contributed by atoms with E-state index in [1.165, 1.54) is 33.5 Å². The highest BCUT2D eigenvalue weighted by Crippen LogP contribution is 2.38. The summed E-state index contributed by atoms with van der Waals surface area (Å²) in [7, 11) is 4.37. The summed E-state index contributed by atoms with van der Waals surface area (Å²) in [6.45, 7) is 2.40. The fourth-order valence-corrected chi connectivity index (χ4v) is 2.84. The monoisotopic (exact) mass is 403 g/mol. The number of carbonyl (C=O) groups is 2. The second kappa shape index (κ2) is 10.2. The van der Waals surface area contributed by atoms with Crippen molar-refractivity contribution in [2.75, 3.05) is 27.9 Å². The molecule has 0 aromatic heterocycles. The van der Waals surface area contributed by atoms with Gasteiger partial charge in [0.05, 0.1) is 40.4 Å². The van der Waals surface area contributed by atoms with Crippen LogP contribution in [0.5, 0.6) is 23.0 Å². The van der Waals surface area contributed by atoms with E-state index in [2.05, 4.69) is 5.32 Å². The Morgan fingerprint density at radius 3 is 2.03 bits per heavy atom. The molecule has 2 aromatic carbocycles. The van der Waals surface area contributed by atoms with Gasteiger partial charge in [-0.15, -0.1) is 0 Å². The Kier molecular flexibility index (Phi) is 7.70. The number of methoxy groups -OCH3 is 3. The minimum Gasteiger partial charge on any atom is -0.494 e. The molecule has 8 nitrogen and oxygen atoms in total. The molecule has 0 aliphatic rings. The van der Waals surface area contributed by atoms with Crippen molar-refractivity contribution in [3.63, 3.8) is 0 Å². The highest BCUT2D eigenvalue weighted by atomic mass is 16.5. The normalized spacial score (nSPS) is 11.3. The number of amides is 1. The zero-order valence-electron chi connectivity index (χ0n) is 16.9. The number of nitrogens with one attached hydrogen (secondary N) is 1. The largest absolute Gasteiger partial charge is 0.494 e. The molecule has 0 bridgehead atoms. The number of rotatable bonds is 10. The molecule has 2 rings (SSSR count). The summed E-state index contributed by atoms with van der Waals surface area (Å²) in [5.74, 6) is 0.181. The number of carboxylic acids is 1. The highest BCUT2D eigenvalue weighted by Gasteiger charge is 2.22. The predicted molar refractivity (Wildman–Crippen MR) is 106 cm³/mol. The molecular weight excluding hydrogens is 378 g/mol. The van der Waals surface area contributed by atoms with E-state index in [-0.39, 0.29) is 12.0 Å². The van der Waals surface area contributed by atoms with Crippen LogP contribution < -0.4 is 24.3 Å². The van der Waals surface area contributed by atoms with Crippen molar-refractivity contribution >= 4 is 11.9 Å². The van der Waals surface area contributed by atoms with Gasteiger partial charge in [-0.3, -0.25) is 9.59 Å². The molecule has 0 spiro atoms. The van der Waals surface area contributed by atoms with E-state index in [4.69, 9.17) is 18.9 Å². The van der Waals surface area contributed by atoms with Gasteiger partial charge in [-0.05, 0) is 36.8 Å². The third-order valence-electron chi connectivity index (χ3n) is 4.20. The Balaban J connectivity index is 2.31. The smallest absolute Gasteiger partial charge is 0.305 e. The van der Waals surface area contributed by atoms with Gasteiger partial charge in [-0.1, -0.05) is 12.1 Å². The molecular formula is C21H25NO7. The first-order chi connectivity index (χ1) is 13.9. The van der Waals surface area contributed by atoms with E-state index < -0.39 is 17.9 Å². The first-order valence-corrected chi connectivity index (χ1v) is 8.98. The van der Waals surface area contributed by atoms with Crippen molar-refractivity contribution in [2.24, 2.45) is 0 Å². The van der Waals surface area contributed by atoms with Crippen LogP contribution in [0.2, 0.25) is 0 Å². The fraction of sp³-hybridized carbons (Fsp3) is 0.333. The minimum atomic E-state index is -1.03. The maximum absolute atomic E-state index is 12.8. The van der Waals surface area contributed by atoms with Crippen molar-refractivity contribution in [3.05, 3.63) is 47.5 Å². The molecule has 2 N–H and O–H groups in total. The quantitative estimate of drug-likeness (QED) is 0.628. The zero-order chi connectivity index (χ0) is 21.4. The molecule has 1 amide bonds. The summed E-state index contributed by atoms with van der Waals surface area (Å²) >= 11 is 0. The summed E-state index contributed by atoms with van der Waals surface area (Å²) in [4.78, 5) is 24.2. The molecule has 0 aliphatic carbocycles. The van der Waals surface area contributed by atoms with Crippen LogP contribution >= 0.6 is 0 Å². The lowest BCUT2D eigenvalue weighted by Crippen LogP contribution is -2.30. The predicted octanol–water partition coefficient (Wildman–Crippen LogP) is 3.06. The molecule has 2 aromatic rings. The van der Waals surface area contributed by atoms with Crippen molar-refractivity contribution < 1.29 is 33.6 Å². The Bertz CT molecular complexity index is 824. The van der Waals surface area contributed by atoms with E-state index in [0.717, 1.165) is 0 Å². The number of ether oxygens (including phenoxy) is 4. The van der Waals surface area contributed by atoms with Gasteiger partial charge in [0.25, 0.3) is 5.91 Å². The number of aliphatic carboxylic acids is 1. The van der Waals surface area contributed by atoms with Crippen molar-refractivity contribution in [1.29, 1.82) is 0 Å². The third-order valence-corrected chi connectivity index (χ3v) is 4.20. The summed E-state index contributed by atoms with van der Waals surface area (Å²) in [5, 5.41) is 12.0. The van der Waals surface area contributed by atoms with Gasteiger partial charge in [0, 0.05) is 5.56 Å². The van der Waals surface area contributed by atoms with E-state index in [1.807, 2.05) is 6.92 Å². The van der Waals surface area contributed by atoms with Gasteiger partial charge in [0.2, 0.25) is 5.75 Å². The van der Waals surface area contributed by atoms with E-state index in [1.54, 1.807) is 24.3 Å². The van der Waals surface area contributed by atoms with Crippen LogP contribution in [0.4, 0.5) is 0 Å². The topological polar surface area (TPSA) is 103 Å². The Morgan fingerprint density at radius 1 is 1.00 bits per heavy atom. The van der Waals surface area contributed by atoms with Crippen molar-refractivity contribution in [1.82, 2.24) is 5.32 Å². The molecule has 0 saturated carbocycles. The number of benzene rings is 2. The molecule has 0 heterocycles. The zero-order valence-corrected chi connectivity index (χ0v) is 16.9. The first kappa shape index (κ1) is 21.9. The molecule has 0 unspecified atom stereocenters. The van der Waals surface area contributed by atoms with Gasteiger partial charge in [-0.25, -0.2) is 0 Å². The van der Waals surface area contributed by atoms with E-state index in [0.29, 0.717) is 35.2 Å². The number of carboxylic acid groups (broad SMARTS) is 1. The number of carbonyl (C=O) groups excluding carboxylic acids is 1. The second-order valence-corrected chi connectivity index (χ2v) is 6.04. The summed E-state index contributed by atoms with van der Waals surface area (Å²) < 4.78 is 21.2. The lowest BCUT2D eigenvalue weighted by atomic mass is 10.0. The lowest BCUT2D eigenvalue weighted by Gasteiger charge is -2.19. The Morgan fingerprint density at radius 2 is 1.59 bits per heavy atom. The van der Waals surface area contributed by atoms with Crippen LogP contribution in [0.1, 0.15) is 35.3 Å². The van der Waals surface area contributed by atoms with Gasteiger partial charge in [-0.2, -0.15) is 0 Å². The van der Waals surface area contributed by atoms with Gasteiger partial charge in [0.1, 0.15) is 5.75 Å². The molecule has 0 saturated heterocycles. The molecule has 0 aliphatic heterocycles. The number of hydrogen-bond acceptors (Lipinski definition) is 6. The minimum absolute atomic E-state index is 0.251. The Hall–Kier alpha value is -3.42. The fourth-order valence-electron chi connectivity index (χ4n) is 2.84. The highest BCUT2D eigenvalue weighted by molar-refractivity contribution is 5.96. The second-order valence-electron chi connectivity index (χ2n) is 6.04. The van der Waals surface area contributed by atoms with Crippen molar-refractivity contribution in [3.8, 4) is 23.0 Å².